The molecule has 2 N–H and O–H groups in total. The lowest BCUT2D eigenvalue weighted by Gasteiger charge is -2.23. The third-order valence-corrected chi connectivity index (χ3v) is 3.87. The first-order chi connectivity index (χ1) is 10.1. The van der Waals surface area contributed by atoms with Gasteiger partial charge in [-0.15, -0.1) is 0 Å². The molecule has 1 saturated carbocycles. The van der Waals surface area contributed by atoms with Crippen LogP contribution in [0, 0.1) is 11.7 Å². The van der Waals surface area contributed by atoms with E-state index in [4.69, 9.17) is 0 Å². The maximum Gasteiger partial charge on any atom is 0.243 e. The molecular formula is C16H21FN2O2. The quantitative estimate of drug-likeness (QED) is 0.873. The van der Waals surface area contributed by atoms with Crippen LogP contribution in [-0.2, 0) is 16.1 Å². The van der Waals surface area contributed by atoms with Crippen molar-refractivity contribution in [3.8, 4) is 0 Å². The van der Waals surface area contributed by atoms with Crippen molar-refractivity contribution in [1.29, 1.82) is 0 Å². The molecule has 1 fully saturated rings. The first-order valence-corrected chi connectivity index (χ1v) is 7.35. The molecule has 1 atom stereocenters. The second kappa shape index (κ2) is 7.20. The van der Waals surface area contributed by atoms with E-state index in [1.807, 2.05) is 0 Å². The highest BCUT2D eigenvalue weighted by atomic mass is 19.1. The average molecular weight is 292 g/mol. The van der Waals surface area contributed by atoms with Crippen LogP contribution in [0.4, 0.5) is 4.39 Å². The van der Waals surface area contributed by atoms with Gasteiger partial charge in [0.2, 0.25) is 11.8 Å². The molecule has 0 aromatic heterocycles. The third kappa shape index (κ3) is 4.55. The molecule has 2 amide bonds. The van der Waals surface area contributed by atoms with Crippen molar-refractivity contribution < 1.29 is 14.0 Å². The smallest absolute Gasteiger partial charge is 0.243 e. The number of hydrogen-bond acceptors (Lipinski definition) is 2. The summed E-state index contributed by atoms with van der Waals surface area (Å²) in [6, 6.07) is 5.64. The van der Waals surface area contributed by atoms with Gasteiger partial charge >= 0.3 is 0 Å². The van der Waals surface area contributed by atoms with Gasteiger partial charge in [-0.25, -0.2) is 4.39 Å². The molecule has 1 aliphatic rings. The zero-order chi connectivity index (χ0) is 15.2. The molecule has 114 valence electrons. The first kappa shape index (κ1) is 15.5. The van der Waals surface area contributed by atoms with Crippen LogP contribution in [0.2, 0.25) is 0 Å². The molecular weight excluding hydrogens is 271 g/mol. The van der Waals surface area contributed by atoms with E-state index in [0.29, 0.717) is 5.56 Å². The van der Waals surface area contributed by atoms with E-state index >= 15 is 0 Å². The molecule has 1 aromatic carbocycles. The monoisotopic (exact) mass is 292 g/mol. The van der Waals surface area contributed by atoms with E-state index < -0.39 is 6.04 Å². The van der Waals surface area contributed by atoms with Crippen molar-refractivity contribution in [2.75, 3.05) is 0 Å². The van der Waals surface area contributed by atoms with Crippen LogP contribution in [-0.4, -0.2) is 17.9 Å². The lowest BCUT2D eigenvalue weighted by atomic mass is 9.97. The topological polar surface area (TPSA) is 58.2 Å². The molecule has 0 aliphatic heterocycles. The van der Waals surface area contributed by atoms with Crippen molar-refractivity contribution in [2.24, 2.45) is 5.92 Å². The summed E-state index contributed by atoms with van der Waals surface area (Å²) >= 11 is 0. The second-order valence-corrected chi connectivity index (χ2v) is 5.57. The number of benzene rings is 1. The molecule has 5 heteroatoms. The fraction of sp³-hybridized carbons (Fsp3) is 0.500. The summed E-state index contributed by atoms with van der Waals surface area (Å²) in [6.45, 7) is 1.68. The van der Waals surface area contributed by atoms with E-state index in [0.717, 1.165) is 25.7 Å². The number of halogens is 1. The summed E-state index contributed by atoms with van der Waals surface area (Å²) < 4.78 is 13.1. The summed E-state index contributed by atoms with van der Waals surface area (Å²) in [5.41, 5.74) is 0.705. The van der Waals surface area contributed by atoms with Gasteiger partial charge in [0.05, 0.1) is 0 Å². The minimum Gasteiger partial charge on any atom is -0.350 e. The Balaban J connectivity index is 1.95. The van der Waals surface area contributed by atoms with Crippen LogP contribution >= 0.6 is 0 Å². The minimum absolute atomic E-state index is 0.193. The molecule has 21 heavy (non-hydrogen) atoms. The minimum atomic E-state index is -0.487. The molecule has 0 bridgehead atoms. The van der Waals surface area contributed by atoms with Gasteiger partial charge in [0.1, 0.15) is 11.9 Å². The summed E-state index contributed by atoms with van der Waals surface area (Å²) in [5.74, 6) is -0.522. The molecule has 0 saturated heterocycles. The molecule has 0 spiro atoms. The normalized spacial score (nSPS) is 16.5. The Bertz CT molecular complexity index is 513. The van der Waals surface area contributed by atoms with Gasteiger partial charge < -0.3 is 10.6 Å². The van der Waals surface area contributed by atoms with E-state index in [9.17, 15) is 14.0 Å². The maximum absolute atomic E-state index is 13.1. The first-order valence-electron chi connectivity index (χ1n) is 7.35. The molecule has 1 aromatic rings. The van der Waals surface area contributed by atoms with Gasteiger partial charge in [-0.3, -0.25) is 9.59 Å². The van der Waals surface area contributed by atoms with E-state index in [1.165, 1.54) is 19.1 Å². The SMILES string of the molecule is CC(=O)NC(C(=O)NCc1cccc(F)c1)C1CCCC1. The Morgan fingerprint density at radius 1 is 1.33 bits per heavy atom. The Morgan fingerprint density at radius 2 is 2.05 bits per heavy atom. The number of carbonyl (C=O) groups excluding carboxylic acids is 2. The summed E-state index contributed by atoms with van der Waals surface area (Å²) in [6.07, 6.45) is 4.10. The van der Waals surface area contributed by atoms with E-state index in [1.54, 1.807) is 12.1 Å². The second-order valence-electron chi connectivity index (χ2n) is 5.57. The van der Waals surface area contributed by atoms with Crippen LogP contribution in [0.25, 0.3) is 0 Å². The number of rotatable bonds is 5. The Kier molecular flexibility index (Phi) is 5.31. The molecule has 1 aliphatic carbocycles. The summed E-state index contributed by atoms with van der Waals surface area (Å²) in [7, 11) is 0. The zero-order valence-electron chi connectivity index (χ0n) is 12.2. The summed E-state index contributed by atoms with van der Waals surface area (Å²) in [4.78, 5) is 23.6. The van der Waals surface area contributed by atoms with E-state index in [2.05, 4.69) is 10.6 Å². The predicted molar refractivity (Wildman–Crippen MR) is 77.8 cm³/mol. The highest BCUT2D eigenvalue weighted by Crippen LogP contribution is 2.27. The lowest BCUT2D eigenvalue weighted by molar-refractivity contribution is -0.129. The van der Waals surface area contributed by atoms with Gasteiger partial charge in [-0.05, 0) is 36.5 Å². The number of nitrogens with one attached hydrogen (secondary N) is 2. The highest BCUT2D eigenvalue weighted by molar-refractivity contribution is 5.87. The number of hydrogen-bond donors (Lipinski definition) is 2. The predicted octanol–water partition coefficient (Wildman–Crippen LogP) is 2.14. The molecule has 1 unspecified atom stereocenters. The molecule has 0 radical (unpaired) electrons. The standard InChI is InChI=1S/C16H21FN2O2/c1-11(20)19-15(13-6-2-3-7-13)16(21)18-10-12-5-4-8-14(17)9-12/h4-5,8-9,13,15H,2-3,6-7,10H2,1H3,(H,18,21)(H,19,20). The molecule has 4 nitrogen and oxygen atoms in total. The number of amides is 2. The van der Waals surface area contributed by atoms with Crippen LogP contribution in [0.5, 0.6) is 0 Å². The fourth-order valence-corrected chi connectivity index (χ4v) is 2.85. The maximum atomic E-state index is 13.1. The Morgan fingerprint density at radius 3 is 2.67 bits per heavy atom. The van der Waals surface area contributed by atoms with Crippen molar-refractivity contribution in [3.63, 3.8) is 0 Å². The largest absolute Gasteiger partial charge is 0.350 e. The van der Waals surface area contributed by atoms with Crippen LogP contribution in [0.1, 0.15) is 38.2 Å². The van der Waals surface area contributed by atoms with Crippen LogP contribution in [0.3, 0.4) is 0 Å². The van der Waals surface area contributed by atoms with Crippen molar-refractivity contribution in [2.45, 2.75) is 45.2 Å². The highest BCUT2D eigenvalue weighted by Gasteiger charge is 2.31. The van der Waals surface area contributed by atoms with Gasteiger partial charge in [0.15, 0.2) is 0 Å². The summed E-state index contributed by atoms with van der Waals surface area (Å²) in [5, 5.41) is 5.53. The van der Waals surface area contributed by atoms with E-state index in [-0.39, 0.29) is 30.1 Å². The molecule has 0 heterocycles. The molecule has 2 rings (SSSR count). The van der Waals surface area contributed by atoms with Gasteiger partial charge in [-0.2, -0.15) is 0 Å². The number of carbonyl (C=O) groups is 2. The zero-order valence-corrected chi connectivity index (χ0v) is 12.2. The fourth-order valence-electron chi connectivity index (χ4n) is 2.85. The lowest BCUT2D eigenvalue weighted by Crippen LogP contribution is -2.49. The van der Waals surface area contributed by atoms with Crippen molar-refractivity contribution >= 4 is 11.8 Å². The Labute approximate surface area is 124 Å². The van der Waals surface area contributed by atoms with Gasteiger partial charge in [0, 0.05) is 13.5 Å². The Hall–Kier alpha value is -1.91. The van der Waals surface area contributed by atoms with Gasteiger partial charge in [-0.1, -0.05) is 25.0 Å². The third-order valence-electron chi connectivity index (χ3n) is 3.87. The van der Waals surface area contributed by atoms with Crippen molar-refractivity contribution in [1.82, 2.24) is 10.6 Å². The van der Waals surface area contributed by atoms with Crippen molar-refractivity contribution in [3.05, 3.63) is 35.6 Å². The van der Waals surface area contributed by atoms with Gasteiger partial charge in [0.25, 0.3) is 0 Å². The van der Waals surface area contributed by atoms with Crippen LogP contribution < -0.4 is 10.6 Å². The van der Waals surface area contributed by atoms with Crippen LogP contribution in [0.15, 0.2) is 24.3 Å². The average Bonchev–Trinajstić information content (AvgIpc) is 2.96.